The van der Waals surface area contributed by atoms with E-state index in [0.29, 0.717) is 12.6 Å². The highest BCUT2D eigenvalue weighted by Crippen LogP contribution is 2.23. The summed E-state index contributed by atoms with van der Waals surface area (Å²) in [6, 6.07) is 8.07. The number of nitrogens with one attached hydrogen (secondary N) is 1. The van der Waals surface area contributed by atoms with E-state index in [-0.39, 0.29) is 5.91 Å². The molecule has 0 bridgehead atoms. The van der Waals surface area contributed by atoms with Crippen LogP contribution >= 0.6 is 11.3 Å². The minimum atomic E-state index is -0.0196. The maximum atomic E-state index is 12.1. The smallest absolute Gasteiger partial charge is 0.244 e. The second-order valence-electron chi connectivity index (χ2n) is 7.02. The predicted octanol–water partition coefficient (Wildman–Crippen LogP) is 4.74. The summed E-state index contributed by atoms with van der Waals surface area (Å²) in [4.78, 5) is 16.5. The normalized spacial score (nSPS) is 20.2. The number of hydrogen-bond donors (Lipinski definition) is 1. The van der Waals surface area contributed by atoms with Crippen LogP contribution < -0.4 is 10.1 Å². The Hall–Kier alpha value is -2.14. The van der Waals surface area contributed by atoms with Crippen LogP contribution in [0.1, 0.15) is 48.9 Å². The zero-order chi connectivity index (χ0) is 18.4. The van der Waals surface area contributed by atoms with Crippen LogP contribution in [0.4, 0.5) is 0 Å². The first-order valence-corrected chi connectivity index (χ1v) is 10.1. The van der Waals surface area contributed by atoms with Crippen molar-refractivity contribution in [2.45, 2.75) is 52.2 Å². The molecule has 1 fully saturated rings. The summed E-state index contributed by atoms with van der Waals surface area (Å²) in [6.45, 7) is 4.72. The summed E-state index contributed by atoms with van der Waals surface area (Å²) in [5, 5.41) is 6.16. The highest BCUT2D eigenvalue weighted by molar-refractivity contribution is 7.09. The summed E-state index contributed by atoms with van der Waals surface area (Å²) >= 11 is 1.62. The molecule has 1 N–H and O–H groups in total. The van der Waals surface area contributed by atoms with Gasteiger partial charge in [-0.1, -0.05) is 19.1 Å². The monoisotopic (exact) mass is 370 g/mol. The number of ether oxygens (including phenoxy) is 1. The quantitative estimate of drug-likeness (QED) is 0.747. The summed E-state index contributed by atoms with van der Waals surface area (Å²) in [5.74, 6) is 1.54. The molecule has 3 rings (SSSR count). The number of amides is 1. The molecule has 26 heavy (non-hydrogen) atoms. The molecule has 1 aliphatic carbocycles. The van der Waals surface area contributed by atoms with E-state index in [0.717, 1.165) is 40.8 Å². The molecule has 1 aromatic heterocycles. The number of thiazole rings is 1. The van der Waals surface area contributed by atoms with Crippen molar-refractivity contribution in [2.24, 2.45) is 5.92 Å². The minimum Gasteiger partial charge on any atom is -0.487 e. The van der Waals surface area contributed by atoms with Crippen LogP contribution in [0.25, 0.3) is 6.08 Å². The second-order valence-corrected chi connectivity index (χ2v) is 8.08. The van der Waals surface area contributed by atoms with Gasteiger partial charge in [-0.2, -0.15) is 0 Å². The third-order valence-electron chi connectivity index (χ3n) is 4.70. The van der Waals surface area contributed by atoms with Crippen molar-refractivity contribution in [1.82, 2.24) is 10.3 Å². The van der Waals surface area contributed by atoms with E-state index in [9.17, 15) is 4.79 Å². The molecule has 138 valence electrons. The molecule has 0 unspecified atom stereocenters. The van der Waals surface area contributed by atoms with Gasteiger partial charge in [-0.15, -0.1) is 11.3 Å². The molecule has 1 aromatic carbocycles. The van der Waals surface area contributed by atoms with Crippen LogP contribution in [-0.4, -0.2) is 16.9 Å². The van der Waals surface area contributed by atoms with Crippen LogP contribution in [-0.2, 0) is 11.4 Å². The van der Waals surface area contributed by atoms with Gasteiger partial charge in [0.15, 0.2) is 0 Å². The minimum absolute atomic E-state index is 0.0196. The Balaban J connectivity index is 1.50. The van der Waals surface area contributed by atoms with E-state index in [2.05, 4.69) is 17.2 Å². The van der Waals surface area contributed by atoms with Crippen molar-refractivity contribution < 1.29 is 9.53 Å². The van der Waals surface area contributed by atoms with E-state index < -0.39 is 0 Å². The van der Waals surface area contributed by atoms with E-state index in [1.54, 1.807) is 17.4 Å². The van der Waals surface area contributed by atoms with Crippen molar-refractivity contribution in [3.63, 3.8) is 0 Å². The van der Waals surface area contributed by atoms with Gasteiger partial charge in [0, 0.05) is 17.5 Å². The Bertz CT molecular complexity index is 761. The number of rotatable bonds is 6. The number of hydrogen-bond acceptors (Lipinski definition) is 4. The Morgan fingerprint density at radius 3 is 2.88 bits per heavy atom. The molecular formula is C21H26N2O2S. The Morgan fingerprint density at radius 2 is 2.15 bits per heavy atom. The molecule has 4 nitrogen and oxygen atoms in total. The zero-order valence-corrected chi connectivity index (χ0v) is 16.2. The first-order valence-electron chi connectivity index (χ1n) is 9.21. The SMILES string of the molecule is Cc1nc(COc2cccc(/C=C/C(=O)NC3CCC(C)CC3)c2)cs1. The third kappa shape index (κ3) is 5.70. The lowest BCUT2D eigenvalue weighted by Gasteiger charge is -2.26. The van der Waals surface area contributed by atoms with Crippen molar-refractivity contribution in [2.75, 3.05) is 0 Å². The standard InChI is InChI=1S/C21H26N2O2S/c1-15-6-9-18(10-7-15)23-21(24)11-8-17-4-3-5-20(12-17)25-13-19-14-26-16(2)22-19/h3-5,8,11-12,14-15,18H,6-7,9-10,13H2,1-2H3,(H,23,24)/b11-8+. The number of aromatic nitrogens is 1. The first kappa shape index (κ1) is 18.6. The zero-order valence-electron chi connectivity index (χ0n) is 15.4. The van der Waals surface area contributed by atoms with Gasteiger partial charge in [0.2, 0.25) is 5.91 Å². The van der Waals surface area contributed by atoms with Gasteiger partial charge in [-0.05, 0) is 62.3 Å². The van der Waals surface area contributed by atoms with Crippen LogP contribution in [0.3, 0.4) is 0 Å². The highest BCUT2D eigenvalue weighted by atomic mass is 32.1. The Kier molecular flexibility index (Phi) is 6.45. The largest absolute Gasteiger partial charge is 0.487 e. The van der Waals surface area contributed by atoms with Gasteiger partial charge in [-0.3, -0.25) is 4.79 Å². The number of carbonyl (C=O) groups excluding carboxylic acids is 1. The maximum absolute atomic E-state index is 12.1. The molecule has 1 saturated carbocycles. The van der Waals surface area contributed by atoms with Crippen LogP contribution in [0, 0.1) is 12.8 Å². The number of carbonyl (C=O) groups is 1. The van der Waals surface area contributed by atoms with E-state index in [1.807, 2.05) is 42.6 Å². The van der Waals surface area contributed by atoms with Gasteiger partial charge in [0.05, 0.1) is 10.7 Å². The van der Waals surface area contributed by atoms with Crippen molar-refractivity contribution in [3.8, 4) is 5.75 Å². The van der Waals surface area contributed by atoms with Gasteiger partial charge in [-0.25, -0.2) is 4.98 Å². The average molecular weight is 371 g/mol. The lowest BCUT2D eigenvalue weighted by atomic mass is 9.87. The van der Waals surface area contributed by atoms with Crippen molar-refractivity contribution in [3.05, 3.63) is 52.0 Å². The van der Waals surface area contributed by atoms with Gasteiger partial charge in [0.25, 0.3) is 0 Å². The molecule has 0 atom stereocenters. The lowest BCUT2D eigenvalue weighted by Crippen LogP contribution is -2.36. The van der Waals surface area contributed by atoms with E-state index in [4.69, 9.17) is 4.74 Å². The molecule has 1 aliphatic rings. The fraction of sp³-hybridized carbons (Fsp3) is 0.429. The Labute approximate surface area is 159 Å². The van der Waals surface area contributed by atoms with Gasteiger partial charge in [0.1, 0.15) is 12.4 Å². The van der Waals surface area contributed by atoms with Crippen LogP contribution in [0.15, 0.2) is 35.7 Å². The van der Waals surface area contributed by atoms with Crippen LogP contribution in [0.5, 0.6) is 5.75 Å². The number of nitrogens with zero attached hydrogens (tertiary/aromatic N) is 1. The van der Waals surface area contributed by atoms with Crippen LogP contribution in [0.2, 0.25) is 0 Å². The van der Waals surface area contributed by atoms with Crippen molar-refractivity contribution >= 4 is 23.3 Å². The Morgan fingerprint density at radius 1 is 1.35 bits per heavy atom. The molecule has 0 aliphatic heterocycles. The fourth-order valence-corrected chi connectivity index (χ4v) is 3.76. The molecule has 0 saturated heterocycles. The molecule has 1 amide bonds. The molecule has 5 heteroatoms. The summed E-state index contributed by atoms with van der Waals surface area (Å²) in [7, 11) is 0. The van der Waals surface area contributed by atoms with Gasteiger partial charge < -0.3 is 10.1 Å². The number of aryl methyl sites for hydroxylation is 1. The summed E-state index contributed by atoms with van der Waals surface area (Å²) in [5.41, 5.74) is 1.89. The third-order valence-corrected chi connectivity index (χ3v) is 5.52. The molecule has 1 heterocycles. The summed E-state index contributed by atoms with van der Waals surface area (Å²) < 4.78 is 5.79. The topological polar surface area (TPSA) is 51.2 Å². The molecule has 2 aromatic rings. The summed E-state index contributed by atoms with van der Waals surface area (Å²) in [6.07, 6.45) is 8.01. The molecular weight excluding hydrogens is 344 g/mol. The van der Waals surface area contributed by atoms with Gasteiger partial charge >= 0.3 is 0 Å². The second kappa shape index (κ2) is 8.99. The average Bonchev–Trinajstić information content (AvgIpc) is 3.06. The molecule has 0 spiro atoms. The number of benzene rings is 1. The fourth-order valence-electron chi connectivity index (χ4n) is 3.17. The predicted molar refractivity (Wildman–Crippen MR) is 106 cm³/mol. The first-order chi connectivity index (χ1) is 12.6. The highest BCUT2D eigenvalue weighted by Gasteiger charge is 2.18. The van der Waals surface area contributed by atoms with Crippen molar-refractivity contribution in [1.29, 1.82) is 0 Å². The maximum Gasteiger partial charge on any atom is 0.244 e. The molecule has 0 radical (unpaired) electrons. The lowest BCUT2D eigenvalue weighted by molar-refractivity contribution is -0.117. The van der Waals surface area contributed by atoms with E-state index in [1.165, 1.54) is 12.8 Å². The van der Waals surface area contributed by atoms with E-state index >= 15 is 0 Å².